The number of aliphatic carboxylic acids is 1. The Labute approximate surface area is 99.8 Å². The molecule has 2 N–H and O–H groups in total. The molecule has 1 rings (SSSR count). The molecule has 0 fully saturated rings. The molecule has 1 aromatic rings. The van der Waals surface area contributed by atoms with Crippen molar-refractivity contribution >= 4 is 28.8 Å². The van der Waals surface area contributed by atoms with Crippen LogP contribution < -0.4 is 0 Å². The molecule has 0 saturated carbocycles. The minimum absolute atomic E-state index is 0.0506. The average Bonchev–Trinajstić information content (AvgIpc) is 2.15. The molecule has 1 unspecified atom stereocenters. The molecular weight excluding hydrogens is 316 g/mol. The number of carboxylic acids is 1. The fourth-order valence-electron chi connectivity index (χ4n) is 1.10. The number of phenols is 1. The number of aromatic hydroxyl groups is 1. The van der Waals surface area contributed by atoms with Crippen LogP contribution in [-0.4, -0.2) is 25.6 Å². The van der Waals surface area contributed by atoms with Crippen LogP contribution in [0, 0.1) is 0 Å². The molecule has 0 saturated heterocycles. The van der Waals surface area contributed by atoms with Gasteiger partial charge in [0.25, 0.3) is 0 Å². The van der Waals surface area contributed by atoms with Crippen molar-refractivity contribution in [3.8, 4) is 5.75 Å². The first kappa shape index (κ1) is 12.2. The second kappa shape index (κ2) is 5.26. The summed E-state index contributed by atoms with van der Waals surface area (Å²) in [5.41, 5.74) is 0.652. The van der Waals surface area contributed by atoms with Crippen molar-refractivity contribution in [1.82, 2.24) is 3.34 Å². The summed E-state index contributed by atoms with van der Waals surface area (Å²) in [4.78, 5) is 10.7. The predicted octanol–water partition coefficient (Wildman–Crippen LogP) is 1.92. The fourth-order valence-corrected chi connectivity index (χ4v) is 1.53. The summed E-state index contributed by atoms with van der Waals surface area (Å²) in [6.45, 7) is 0. The molecule has 0 amide bonds. The molecule has 1 atom stereocenters. The first-order valence-corrected chi connectivity index (χ1v) is 5.08. The first-order valence-electron chi connectivity index (χ1n) is 4.12. The summed E-state index contributed by atoms with van der Waals surface area (Å²) in [6.07, 6.45) is 0.0506. The number of rotatable bonds is 4. The maximum Gasteiger partial charge on any atom is 0.324 e. The summed E-state index contributed by atoms with van der Waals surface area (Å²) >= 11 is 1.29. The number of hydrogen-bond donors (Lipinski definition) is 2. The van der Waals surface area contributed by atoms with Crippen LogP contribution in [0.5, 0.6) is 5.75 Å². The Balaban J connectivity index is 2.74. The van der Waals surface area contributed by atoms with Crippen molar-refractivity contribution in [2.24, 2.45) is 0 Å². The quantitative estimate of drug-likeness (QED) is 0.656. The van der Waals surface area contributed by atoms with Crippen LogP contribution in [0.4, 0.5) is 4.48 Å². The van der Waals surface area contributed by atoms with Gasteiger partial charge in [-0.2, -0.15) is 0 Å². The first-order chi connectivity index (χ1) is 7.00. The van der Waals surface area contributed by atoms with E-state index in [1.165, 1.54) is 35.0 Å². The number of phenolic OH excluding ortho intramolecular Hbond substituents is 1. The molecule has 0 bridgehead atoms. The lowest BCUT2D eigenvalue weighted by atomic mass is 10.1. The summed E-state index contributed by atoms with van der Waals surface area (Å²) < 4.78 is 12.9. The molecule has 4 nitrogen and oxygen atoms in total. The Hall–Kier alpha value is -0.890. The van der Waals surface area contributed by atoms with E-state index >= 15 is 0 Å². The molecule has 0 aromatic heterocycles. The zero-order valence-electron chi connectivity index (χ0n) is 7.60. The highest BCUT2D eigenvalue weighted by molar-refractivity contribution is 14.1. The maximum atomic E-state index is 12.8. The van der Waals surface area contributed by atoms with Crippen LogP contribution in [0.15, 0.2) is 24.3 Å². The number of nitrogens with zero attached hydrogens (tertiary/aromatic N) is 1. The monoisotopic (exact) mass is 325 g/mol. The molecule has 15 heavy (non-hydrogen) atoms. The van der Waals surface area contributed by atoms with Gasteiger partial charge in [-0.25, -0.2) is 0 Å². The van der Waals surface area contributed by atoms with Crippen molar-refractivity contribution < 1.29 is 19.5 Å². The fraction of sp³-hybridized carbons (Fsp3) is 0.222. The van der Waals surface area contributed by atoms with E-state index in [2.05, 4.69) is 0 Å². The van der Waals surface area contributed by atoms with E-state index in [0.29, 0.717) is 5.56 Å². The number of carboxylic acid groups (broad SMARTS) is 1. The Bertz CT molecular complexity index is 342. The van der Waals surface area contributed by atoms with Crippen LogP contribution in [0.1, 0.15) is 5.56 Å². The highest BCUT2D eigenvalue weighted by atomic mass is 127. The van der Waals surface area contributed by atoms with Crippen molar-refractivity contribution in [2.45, 2.75) is 12.5 Å². The van der Waals surface area contributed by atoms with Gasteiger partial charge in [0.2, 0.25) is 0 Å². The maximum absolute atomic E-state index is 12.8. The summed E-state index contributed by atoms with van der Waals surface area (Å²) in [5.74, 6) is -1.13. The minimum atomic E-state index is -1.22. The van der Waals surface area contributed by atoms with Gasteiger partial charge in [0.15, 0.2) is 6.04 Å². The van der Waals surface area contributed by atoms with E-state index in [0.717, 1.165) is 0 Å². The lowest BCUT2D eigenvalue weighted by Crippen LogP contribution is -2.31. The molecule has 0 aliphatic heterocycles. The van der Waals surface area contributed by atoms with Gasteiger partial charge in [-0.15, -0.1) is 4.48 Å². The third kappa shape index (κ3) is 3.63. The van der Waals surface area contributed by atoms with Gasteiger partial charge in [-0.1, -0.05) is 15.5 Å². The van der Waals surface area contributed by atoms with E-state index in [9.17, 15) is 9.28 Å². The van der Waals surface area contributed by atoms with E-state index in [-0.39, 0.29) is 15.5 Å². The number of hydrogen-bond acceptors (Lipinski definition) is 3. The highest BCUT2D eigenvalue weighted by Crippen LogP contribution is 2.16. The molecule has 0 heterocycles. The van der Waals surface area contributed by atoms with Crippen LogP contribution in [-0.2, 0) is 11.2 Å². The lowest BCUT2D eigenvalue weighted by molar-refractivity contribution is -0.143. The summed E-state index contributed by atoms with van der Waals surface area (Å²) in [6, 6.07) is 4.78. The van der Waals surface area contributed by atoms with E-state index in [1.807, 2.05) is 0 Å². The molecule has 0 aliphatic carbocycles. The van der Waals surface area contributed by atoms with Crippen LogP contribution in [0.25, 0.3) is 0 Å². The van der Waals surface area contributed by atoms with Gasteiger partial charge in [-0.3, -0.25) is 4.79 Å². The predicted molar refractivity (Wildman–Crippen MR) is 60.2 cm³/mol. The number of halogens is 2. The van der Waals surface area contributed by atoms with Crippen molar-refractivity contribution in [1.29, 1.82) is 0 Å². The Morgan fingerprint density at radius 1 is 1.47 bits per heavy atom. The lowest BCUT2D eigenvalue weighted by Gasteiger charge is -2.13. The second-order valence-electron chi connectivity index (χ2n) is 2.98. The van der Waals surface area contributed by atoms with Gasteiger partial charge < -0.3 is 10.2 Å². The topological polar surface area (TPSA) is 60.8 Å². The third-order valence-electron chi connectivity index (χ3n) is 1.89. The normalized spacial score (nSPS) is 12.7. The largest absolute Gasteiger partial charge is 0.508 e. The van der Waals surface area contributed by atoms with E-state index in [4.69, 9.17) is 10.2 Å². The van der Waals surface area contributed by atoms with Gasteiger partial charge in [0, 0.05) is 6.42 Å². The zero-order chi connectivity index (χ0) is 11.4. The van der Waals surface area contributed by atoms with Crippen LogP contribution in [0.2, 0.25) is 0 Å². The third-order valence-corrected chi connectivity index (χ3v) is 2.56. The second-order valence-corrected chi connectivity index (χ2v) is 3.91. The van der Waals surface area contributed by atoms with E-state index in [1.54, 1.807) is 12.1 Å². The van der Waals surface area contributed by atoms with Gasteiger partial charge >= 0.3 is 5.97 Å². The van der Waals surface area contributed by atoms with Crippen LogP contribution in [0.3, 0.4) is 0 Å². The Kier molecular flexibility index (Phi) is 4.28. The van der Waals surface area contributed by atoms with Gasteiger partial charge in [0.05, 0.1) is 22.9 Å². The molecule has 6 heteroatoms. The summed E-state index contributed by atoms with van der Waals surface area (Å²) in [5, 5.41) is 17.7. The van der Waals surface area contributed by atoms with Gasteiger partial charge in [-0.05, 0) is 17.7 Å². The standard InChI is InChI=1S/C9H9FINO3/c10-12(11)8(9(14)15)5-6-1-3-7(13)4-2-6/h1-4,8,13H,5H2,(H,14,15). The van der Waals surface area contributed by atoms with Crippen molar-refractivity contribution in [3.63, 3.8) is 0 Å². The Morgan fingerprint density at radius 2 is 2.00 bits per heavy atom. The summed E-state index contributed by atoms with van der Waals surface area (Å²) in [7, 11) is 0. The molecule has 82 valence electrons. The Morgan fingerprint density at radius 3 is 2.40 bits per heavy atom. The smallest absolute Gasteiger partial charge is 0.324 e. The molecule has 0 radical (unpaired) electrons. The van der Waals surface area contributed by atoms with E-state index < -0.39 is 12.0 Å². The SMILES string of the molecule is O=C(O)C(Cc1ccc(O)cc1)N(F)I. The highest BCUT2D eigenvalue weighted by Gasteiger charge is 2.24. The number of carbonyl (C=O) groups is 1. The number of benzene rings is 1. The molecule has 0 aliphatic rings. The molecular formula is C9H9FINO3. The average molecular weight is 325 g/mol. The van der Waals surface area contributed by atoms with Crippen molar-refractivity contribution in [2.75, 3.05) is 0 Å². The zero-order valence-corrected chi connectivity index (χ0v) is 9.76. The molecule has 1 aromatic carbocycles. The minimum Gasteiger partial charge on any atom is -0.508 e. The van der Waals surface area contributed by atoms with Crippen molar-refractivity contribution in [3.05, 3.63) is 29.8 Å². The van der Waals surface area contributed by atoms with Crippen LogP contribution >= 0.6 is 22.9 Å². The molecule has 0 spiro atoms. The van der Waals surface area contributed by atoms with Gasteiger partial charge in [0.1, 0.15) is 5.75 Å².